The Hall–Kier alpha value is -2.02. The van der Waals surface area contributed by atoms with E-state index in [0.29, 0.717) is 0 Å². The number of hydrogen-bond acceptors (Lipinski definition) is 5. The van der Waals surface area contributed by atoms with E-state index in [2.05, 4.69) is 42.6 Å². The molecular weight excluding hydrogens is 368 g/mol. The van der Waals surface area contributed by atoms with Crippen LogP contribution in [0.2, 0.25) is 0 Å². The average Bonchev–Trinajstić information content (AvgIpc) is 3.30. The van der Waals surface area contributed by atoms with E-state index >= 15 is 0 Å². The summed E-state index contributed by atoms with van der Waals surface area (Å²) in [7, 11) is 0. The van der Waals surface area contributed by atoms with E-state index in [1.807, 2.05) is 11.3 Å². The lowest BCUT2D eigenvalue weighted by Crippen LogP contribution is -3.12. The van der Waals surface area contributed by atoms with Crippen molar-refractivity contribution < 1.29 is 9.64 Å². The highest BCUT2D eigenvalue weighted by Gasteiger charge is 2.24. The normalized spacial score (nSPS) is 18.3. The molecule has 0 bridgehead atoms. The molecule has 5 nitrogen and oxygen atoms in total. The Labute approximate surface area is 169 Å². The molecule has 1 fully saturated rings. The van der Waals surface area contributed by atoms with E-state index in [-0.39, 0.29) is 6.04 Å². The first-order valence-electron chi connectivity index (χ1n) is 10.3. The van der Waals surface area contributed by atoms with Gasteiger partial charge in [-0.1, -0.05) is 30.3 Å². The van der Waals surface area contributed by atoms with Gasteiger partial charge in [0, 0.05) is 10.9 Å². The maximum Gasteiger partial charge on any atom is 0.187 e. The number of aromatic nitrogens is 2. The zero-order chi connectivity index (χ0) is 18.9. The summed E-state index contributed by atoms with van der Waals surface area (Å²) in [4.78, 5) is 14.2. The van der Waals surface area contributed by atoms with Gasteiger partial charge in [0.2, 0.25) is 0 Å². The summed E-state index contributed by atoms with van der Waals surface area (Å²) in [6.45, 7) is 6.82. The third-order valence-electron chi connectivity index (χ3n) is 5.87. The lowest BCUT2D eigenvalue weighted by Gasteiger charge is -2.23. The Morgan fingerprint density at radius 3 is 2.79 bits per heavy atom. The number of thiophene rings is 1. The van der Waals surface area contributed by atoms with Gasteiger partial charge in [0.25, 0.3) is 0 Å². The third-order valence-corrected chi connectivity index (χ3v) is 7.06. The summed E-state index contributed by atoms with van der Waals surface area (Å²) in [5.41, 5.74) is 2.76. The monoisotopic (exact) mass is 395 g/mol. The zero-order valence-electron chi connectivity index (χ0n) is 16.3. The highest BCUT2D eigenvalue weighted by Crippen LogP contribution is 2.40. The number of benzene rings is 1. The number of quaternary nitrogens is 1. The molecule has 2 aliphatic rings. The Kier molecular flexibility index (Phi) is 5.01. The number of nitrogens with zero attached hydrogens (tertiary/aromatic N) is 2. The fraction of sp³-hybridized carbons (Fsp3) is 0.455. The molecule has 1 aliphatic carbocycles. The van der Waals surface area contributed by atoms with E-state index in [1.54, 1.807) is 0 Å². The fourth-order valence-corrected chi connectivity index (χ4v) is 5.59. The van der Waals surface area contributed by atoms with Crippen LogP contribution in [-0.2, 0) is 24.1 Å². The SMILES string of the molecule is C[C@H](Nc1nc(C[NH+]2CCOCC2)nc2sc3c(c12)CCC3)c1ccccc1. The van der Waals surface area contributed by atoms with Crippen LogP contribution in [0.1, 0.15) is 41.2 Å². The number of morpholine rings is 1. The van der Waals surface area contributed by atoms with E-state index in [1.165, 1.54) is 39.1 Å². The van der Waals surface area contributed by atoms with Gasteiger partial charge in [-0.25, -0.2) is 9.97 Å². The van der Waals surface area contributed by atoms with Gasteiger partial charge in [-0.15, -0.1) is 11.3 Å². The predicted octanol–water partition coefficient (Wildman–Crippen LogP) is 2.77. The Balaban J connectivity index is 1.51. The molecular formula is C22H27N4OS+. The standard InChI is InChI=1S/C22H26N4OS/c1-15(16-6-3-2-4-7-16)23-21-20-17-8-5-9-18(17)28-22(20)25-19(24-21)14-26-10-12-27-13-11-26/h2-4,6-7,15H,5,8-14H2,1H3,(H,23,24,25)/p+1/t15-/m0/s1. The maximum atomic E-state index is 5.50. The van der Waals surface area contributed by atoms with Gasteiger partial charge >= 0.3 is 0 Å². The van der Waals surface area contributed by atoms with Gasteiger partial charge in [0.15, 0.2) is 5.82 Å². The molecule has 0 spiro atoms. The largest absolute Gasteiger partial charge is 0.370 e. The molecule has 1 atom stereocenters. The van der Waals surface area contributed by atoms with Crippen LogP contribution in [0, 0.1) is 0 Å². The van der Waals surface area contributed by atoms with E-state index in [0.717, 1.165) is 55.7 Å². The quantitative estimate of drug-likeness (QED) is 0.698. The second-order valence-electron chi connectivity index (χ2n) is 7.84. The van der Waals surface area contributed by atoms with Crippen LogP contribution < -0.4 is 10.2 Å². The van der Waals surface area contributed by atoms with Crippen LogP contribution in [0.5, 0.6) is 0 Å². The van der Waals surface area contributed by atoms with Gasteiger partial charge in [-0.2, -0.15) is 0 Å². The van der Waals surface area contributed by atoms with Crippen molar-refractivity contribution >= 4 is 27.4 Å². The molecule has 5 rings (SSSR count). The number of ether oxygens (including phenoxy) is 1. The van der Waals surface area contributed by atoms with Gasteiger partial charge < -0.3 is 15.0 Å². The van der Waals surface area contributed by atoms with Gasteiger partial charge in [0.05, 0.1) is 18.6 Å². The second kappa shape index (κ2) is 7.78. The molecule has 0 unspecified atom stereocenters. The summed E-state index contributed by atoms with van der Waals surface area (Å²) < 4.78 is 5.50. The van der Waals surface area contributed by atoms with Crippen molar-refractivity contribution in [2.24, 2.45) is 0 Å². The van der Waals surface area contributed by atoms with Crippen LogP contribution in [0.25, 0.3) is 10.2 Å². The van der Waals surface area contributed by atoms with Gasteiger partial charge in [-0.3, -0.25) is 0 Å². The lowest BCUT2D eigenvalue weighted by molar-refractivity contribution is -0.922. The molecule has 0 amide bonds. The Morgan fingerprint density at radius 2 is 1.96 bits per heavy atom. The number of nitrogens with one attached hydrogen (secondary N) is 2. The molecule has 1 aliphatic heterocycles. The van der Waals surface area contributed by atoms with Gasteiger partial charge in [-0.05, 0) is 37.3 Å². The molecule has 146 valence electrons. The molecule has 3 aromatic rings. The fourth-order valence-electron chi connectivity index (χ4n) is 4.31. The van der Waals surface area contributed by atoms with Crippen molar-refractivity contribution in [2.45, 2.75) is 38.8 Å². The van der Waals surface area contributed by atoms with Crippen LogP contribution in [0.15, 0.2) is 30.3 Å². The third kappa shape index (κ3) is 3.52. The number of fused-ring (bicyclic) bond motifs is 3. The summed E-state index contributed by atoms with van der Waals surface area (Å²) in [5, 5.41) is 4.98. The molecule has 0 radical (unpaired) electrons. The number of anilines is 1. The summed E-state index contributed by atoms with van der Waals surface area (Å²) in [6.07, 6.45) is 3.60. The van der Waals surface area contributed by atoms with Crippen molar-refractivity contribution in [2.75, 3.05) is 31.6 Å². The molecule has 6 heteroatoms. The zero-order valence-corrected chi connectivity index (χ0v) is 17.1. The van der Waals surface area contributed by atoms with Crippen LogP contribution in [-0.4, -0.2) is 36.3 Å². The first-order chi connectivity index (χ1) is 13.8. The highest BCUT2D eigenvalue weighted by atomic mass is 32.1. The predicted molar refractivity (Wildman–Crippen MR) is 113 cm³/mol. The molecule has 1 saturated heterocycles. The van der Waals surface area contributed by atoms with Crippen LogP contribution in [0.3, 0.4) is 0 Å². The molecule has 3 heterocycles. The first-order valence-corrected chi connectivity index (χ1v) is 11.1. The minimum absolute atomic E-state index is 0.208. The van der Waals surface area contributed by atoms with Crippen LogP contribution in [0.4, 0.5) is 5.82 Å². The second-order valence-corrected chi connectivity index (χ2v) is 8.93. The molecule has 2 N–H and O–H groups in total. The minimum Gasteiger partial charge on any atom is -0.370 e. The average molecular weight is 396 g/mol. The van der Waals surface area contributed by atoms with Crippen molar-refractivity contribution in [1.82, 2.24) is 9.97 Å². The Morgan fingerprint density at radius 1 is 1.14 bits per heavy atom. The number of rotatable bonds is 5. The van der Waals surface area contributed by atoms with Crippen molar-refractivity contribution in [3.63, 3.8) is 0 Å². The van der Waals surface area contributed by atoms with Crippen molar-refractivity contribution in [3.05, 3.63) is 52.2 Å². The van der Waals surface area contributed by atoms with Gasteiger partial charge in [0.1, 0.15) is 30.3 Å². The van der Waals surface area contributed by atoms with E-state index in [4.69, 9.17) is 14.7 Å². The molecule has 0 saturated carbocycles. The summed E-state index contributed by atoms with van der Waals surface area (Å²) in [5.74, 6) is 1.97. The smallest absolute Gasteiger partial charge is 0.187 e. The van der Waals surface area contributed by atoms with Crippen molar-refractivity contribution in [3.8, 4) is 0 Å². The number of hydrogen-bond donors (Lipinski definition) is 2. The van der Waals surface area contributed by atoms with Crippen LogP contribution >= 0.6 is 11.3 Å². The summed E-state index contributed by atoms with van der Waals surface area (Å²) in [6, 6.07) is 10.8. The molecule has 1 aromatic carbocycles. The topological polar surface area (TPSA) is 51.5 Å². The first kappa shape index (κ1) is 18.0. The number of aryl methyl sites for hydroxylation is 2. The maximum absolute atomic E-state index is 5.50. The molecule has 28 heavy (non-hydrogen) atoms. The highest BCUT2D eigenvalue weighted by molar-refractivity contribution is 7.19. The van der Waals surface area contributed by atoms with E-state index < -0.39 is 0 Å². The summed E-state index contributed by atoms with van der Waals surface area (Å²) >= 11 is 1.87. The van der Waals surface area contributed by atoms with Crippen molar-refractivity contribution in [1.29, 1.82) is 0 Å². The van der Waals surface area contributed by atoms with E-state index in [9.17, 15) is 0 Å². The lowest BCUT2D eigenvalue weighted by atomic mass is 10.1. The Bertz CT molecular complexity index is 966. The minimum atomic E-state index is 0.208. The molecule has 2 aromatic heterocycles.